The van der Waals surface area contributed by atoms with Gasteiger partial charge < -0.3 is 4.74 Å². The first kappa shape index (κ1) is 21.2. The Morgan fingerprint density at radius 1 is 0.818 bits per heavy atom. The lowest BCUT2D eigenvalue weighted by Gasteiger charge is -2.17. The number of carbonyl (C=O) groups excluding carboxylic acids is 1. The second-order valence-corrected chi connectivity index (χ2v) is 6.57. The molecule has 1 atom stereocenters. The van der Waals surface area contributed by atoms with Crippen LogP contribution in [0.15, 0.2) is 12.2 Å². The van der Waals surface area contributed by atoms with Crippen molar-refractivity contribution >= 4 is 5.97 Å². The molecule has 0 rings (SSSR count). The summed E-state index contributed by atoms with van der Waals surface area (Å²) in [5, 5.41) is 0. The maximum absolute atomic E-state index is 11.6. The lowest BCUT2D eigenvalue weighted by atomic mass is 10.0. The first-order valence-electron chi connectivity index (χ1n) is 9.48. The Morgan fingerprint density at radius 3 is 1.77 bits per heavy atom. The molecule has 0 aliphatic rings. The van der Waals surface area contributed by atoms with Crippen molar-refractivity contribution in [3.63, 3.8) is 0 Å². The molecule has 0 aromatic carbocycles. The monoisotopic (exact) mass is 310 g/mol. The molecule has 2 nitrogen and oxygen atoms in total. The summed E-state index contributed by atoms with van der Waals surface area (Å²) < 4.78 is 5.50. The molecule has 0 fully saturated rings. The molecule has 0 saturated carbocycles. The van der Waals surface area contributed by atoms with Gasteiger partial charge in [-0.2, -0.15) is 0 Å². The van der Waals surface area contributed by atoms with Gasteiger partial charge in [0.1, 0.15) is 6.10 Å². The fourth-order valence-corrected chi connectivity index (χ4v) is 2.70. The predicted molar refractivity (Wildman–Crippen MR) is 96.1 cm³/mol. The molecule has 0 aliphatic heterocycles. The third-order valence-corrected chi connectivity index (χ3v) is 4.11. The van der Waals surface area contributed by atoms with E-state index in [1.807, 2.05) is 0 Å². The minimum Gasteiger partial charge on any atom is -0.459 e. The number of hydrogen-bond acceptors (Lipinski definition) is 2. The first-order valence-corrected chi connectivity index (χ1v) is 9.48. The summed E-state index contributed by atoms with van der Waals surface area (Å²) in [6, 6.07) is 0. The molecule has 0 aliphatic carbocycles. The van der Waals surface area contributed by atoms with Gasteiger partial charge in [-0.1, -0.05) is 84.6 Å². The van der Waals surface area contributed by atoms with Gasteiger partial charge in [0, 0.05) is 5.57 Å². The highest BCUT2D eigenvalue weighted by atomic mass is 16.5. The molecule has 0 heterocycles. The third-order valence-electron chi connectivity index (χ3n) is 4.11. The van der Waals surface area contributed by atoms with Crippen LogP contribution in [0.25, 0.3) is 0 Å². The van der Waals surface area contributed by atoms with Gasteiger partial charge in [0.15, 0.2) is 0 Å². The Balaban J connectivity index is 3.56. The van der Waals surface area contributed by atoms with E-state index in [-0.39, 0.29) is 12.1 Å². The van der Waals surface area contributed by atoms with E-state index in [1.54, 1.807) is 6.92 Å². The van der Waals surface area contributed by atoms with Gasteiger partial charge >= 0.3 is 5.97 Å². The molecule has 0 radical (unpaired) electrons. The van der Waals surface area contributed by atoms with Crippen molar-refractivity contribution in [3.8, 4) is 0 Å². The highest BCUT2D eigenvalue weighted by Crippen LogP contribution is 2.16. The molecule has 0 bridgehead atoms. The van der Waals surface area contributed by atoms with Gasteiger partial charge in [0.05, 0.1) is 0 Å². The number of hydrogen-bond donors (Lipinski definition) is 0. The van der Waals surface area contributed by atoms with Crippen LogP contribution in [0, 0.1) is 0 Å². The minimum absolute atomic E-state index is 0.0863. The van der Waals surface area contributed by atoms with E-state index in [0.717, 1.165) is 19.3 Å². The number of esters is 1. The van der Waals surface area contributed by atoms with E-state index < -0.39 is 0 Å². The molecule has 0 amide bonds. The average Bonchev–Trinajstić information content (AvgIpc) is 2.49. The summed E-state index contributed by atoms with van der Waals surface area (Å²) in [4.78, 5) is 11.6. The zero-order valence-electron chi connectivity index (χ0n) is 15.3. The van der Waals surface area contributed by atoms with Crippen molar-refractivity contribution in [3.05, 3.63) is 12.2 Å². The van der Waals surface area contributed by atoms with Crippen LogP contribution in [-0.4, -0.2) is 12.1 Å². The van der Waals surface area contributed by atoms with Crippen molar-refractivity contribution in [2.24, 2.45) is 0 Å². The number of ether oxygens (including phenoxy) is 1. The molecular weight excluding hydrogens is 272 g/mol. The van der Waals surface area contributed by atoms with E-state index in [9.17, 15) is 4.79 Å². The number of unbranched alkanes of at least 4 members (excludes halogenated alkanes) is 9. The lowest BCUT2D eigenvalue weighted by molar-refractivity contribution is -0.144. The fourth-order valence-electron chi connectivity index (χ4n) is 2.70. The molecule has 2 heteroatoms. The molecule has 0 saturated heterocycles. The summed E-state index contributed by atoms with van der Waals surface area (Å²) >= 11 is 0. The van der Waals surface area contributed by atoms with Crippen LogP contribution in [0.1, 0.15) is 104 Å². The lowest BCUT2D eigenvalue weighted by Crippen LogP contribution is -2.18. The van der Waals surface area contributed by atoms with Crippen LogP contribution in [0.5, 0.6) is 0 Å². The second-order valence-electron chi connectivity index (χ2n) is 6.57. The molecule has 0 N–H and O–H groups in total. The van der Waals surface area contributed by atoms with Crippen LogP contribution in [0.3, 0.4) is 0 Å². The van der Waals surface area contributed by atoms with Crippen LogP contribution in [-0.2, 0) is 9.53 Å². The number of carbonyl (C=O) groups is 1. The zero-order chi connectivity index (χ0) is 16.6. The summed E-state index contributed by atoms with van der Waals surface area (Å²) in [5.41, 5.74) is 0.504. The largest absolute Gasteiger partial charge is 0.459 e. The molecule has 130 valence electrons. The summed E-state index contributed by atoms with van der Waals surface area (Å²) in [5.74, 6) is -0.231. The van der Waals surface area contributed by atoms with Gasteiger partial charge in [-0.15, -0.1) is 0 Å². The highest BCUT2D eigenvalue weighted by molar-refractivity contribution is 5.87. The van der Waals surface area contributed by atoms with E-state index in [1.165, 1.54) is 64.2 Å². The van der Waals surface area contributed by atoms with Crippen molar-refractivity contribution in [2.45, 2.75) is 110 Å². The van der Waals surface area contributed by atoms with Gasteiger partial charge in [0.25, 0.3) is 0 Å². The SMILES string of the molecule is C=C(C)C(=O)OC(CCC)CCCCCCCCCCCC. The van der Waals surface area contributed by atoms with Crippen molar-refractivity contribution in [1.29, 1.82) is 0 Å². The minimum atomic E-state index is -0.231. The molecule has 0 aromatic rings. The van der Waals surface area contributed by atoms with Gasteiger partial charge in [0.2, 0.25) is 0 Å². The van der Waals surface area contributed by atoms with E-state index in [0.29, 0.717) is 5.57 Å². The Kier molecular flexibility index (Phi) is 14.6. The first-order chi connectivity index (χ1) is 10.6. The summed E-state index contributed by atoms with van der Waals surface area (Å²) in [6.07, 6.45) is 16.5. The highest BCUT2D eigenvalue weighted by Gasteiger charge is 2.13. The van der Waals surface area contributed by atoms with E-state index in [4.69, 9.17) is 4.74 Å². The van der Waals surface area contributed by atoms with Crippen molar-refractivity contribution < 1.29 is 9.53 Å². The normalized spacial score (nSPS) is 12.1. The molecule has 22 heavy (non-hydrogen) atoms. The van der Waals surface area contributed by atoms with Gasteiger partial charge in [-0.25, -0.2) is 4.79 Å². The van der Waals surface area contributed by atoms with E-state index in [2.05, 4.69) is 20.4 Å². The summed E-state index contributed by atoms with van der Waals surface area (Å²) in [6.45, 7) is 9.77. The smallest absolute Gasteiger partial charge is 0.333 e. The number of rotatable bonds is 15. The van der Waals surface area contributed by atoms with E-state index >= 15 is 0 Å². The third kappa shape index (κ3) is 12.9. The van der Waals surface area contributed by atoms with Crippen molar-refractivity contribution in [1.82, 2.24) is 0 Å². The maximum Gasteiger partial charge on any atom is 0.333 e. The quantitative estimate of drug-likeness (QED) is 0.194. The topological polar surface area (TPSA) is 26.3 Å². The Morgan fingerprint density at radius 2 is 1.32 bits per heavy atom. The van der Waals surface area contributed by atoms with Crippen LogP contribution < -0.4 is 0 Å². The van der Waals surface area contributed by atoms with Crippen LogP contribution in [0.2, 0.25) is 0 Å². The zero-order valence-corrected chi connectivity index (χ0v) is 15.3. The Hall–Kier alpha value is -0.790. The average molecular weight is 311 g/mol. The standard InChI is InChI=1S/C20H38O2/c1-5-7-8-9-10-11-12-13-14-15-17-19(16-6-2)22-20(21)18(3)4/h19H,3,5-17H2,1-2,4H3. The molecule has 0 aromatic heterocycles. The molecule has 1 unspecified atom stereocenters. The molecular formula is C20H38O2. The van der Waals surface area contributed by atoms with Crippen LogP contribution in [0.4, 0.5) is 0 Å². The van der Waals surface area contributed by atoms with Crippen LogP contribution >= 0.6 is 0 Å². The predicted octanol–water partition coefficient (Wildman–Crippen LogP) is 6.59. The van der Waals surface area contributed by atoms with Gasteiger partial charge in [-0.05, 0) is 26.2 Å². The molecule has 0 spiro atoms. The Bertz CT molecular complexity index is 283. The Labute approximate surface area is 138 Å². The maximum atomic E-state index is 11.6. The van der Waals surface area contributed by atoms with Gasteiger partial charge in [-0.3, -0.25) is 0 Å². The fraction of sp³-hybridized carbons (Fsp3) is 0.850. The van der Waals surface area contributed by atoms with Crippen molar-refractivity contribution in [2.75, 3.05) is 0 Å². The second kappa shape index (κ2) is 15.1. The summed E-state index contributed by atoms with van der Waals surface area (Å²) in [7, 11) is 0.